The molecule has 0 spiro atoms. The summed E-state index contributed by atoms with van der Waals surface area (Å²) in [5, 5.41) is 0. The molecule has 0 aromatic heterocycles. The van der Waals surface area contributed by atoms with Crippen LogP contribution in [0.5, 0.6) is 0 Å². The maximum atomic E-state index is 9.75. The van der Waals surface area contributed by atoms with Gasteiger partial charge in [0.05, 0.1) is 18.8 Å². The van der Waals surface area contributed by atoms with Crippen molar-refractivity contribution in [1.82, 2.24) is 0 Å². The molecule has 0 atom stereocenters. The van der Waals surface area contributed by atoms with Crippen LogP contribution in [0.25, 0.3) is 0 Å². The van der Waals surface area contributed by atoms with E-state index in [1.807, 2.05) is 0 Å². The molecule has 0 bridgehead atoms. The van der Waals surface area contributed by atoms with Crippen molar-refractivity contribution in [2.75, 3.05) is 18.8 Å². The molecule has 0 rings (SSSR count). The molecule has 0 aromatic carbocycles. The Labute approximate surface area is 97.9 Å². The van der Waals surface area contributed by atoms with Crippen LogP contribution >= 0.6 is 0 Å². The van der Waals surface area contributed by atoms with Crippen molar-refractivity contribution in [3.05, 3.63) is 0 Å². The summed E-state index contributed by atoms with van der Waals surface area (Å²) in [5.74, 6) is 0. The second-order valence-electron chi connectivity index (χ2n) is 2.21. The van der Waals surface area contributed by atoms with Crippen LogP contribution in [0, 0.1) is 0 Å². The molecule has 0 fully saturated rings. The molecule has 0 aliphatic rings. The molecule has 0 aliphatic carbocycles. The fourth-order valence-corrected chi connectivity index (χ4v) is 0. The molecule has 0 aliphatic heterocycles. The minimum Gasteiger partial charge on any atom is -0.418 e. The second kappa shape index (κ2) is 11.0. The Bertz CT molecular complexity index is 97.3. The van der Waals surface area contributed by atoms with Gasteiger partial charge in [-0.05, 0) is 10.9 Å². The van der Waals surface area contributed by atoms with E-state index in [0.717, 1.165) is 0 Å². The molecule has 0 heterocycles. The Morgan fingerprint density at radius 3 is 0.600 bits per heavy atom. The fraction of sp³-hybridized carbons (Fsp3) is 1.00. The Morgan fingerprint density at radius 2 is 0.600 bits per heavy atom. The summed E-state index contributed by atoms with van der Waals surface area (Å²) >= 11 is 0. The van der Waals surface area contributed by atoms with Crippen LogP contribution in [0.4, 0.5) is 34.5 Å². The van der Waals surface area contributed by atoms with Gasteiger partial charge in [-0.2, -0.15) is 0 Å². The van der Waals surface area contributed by atoms with Gasteiger partial charge in [0.25, 0.3) is 0 Å². The molecule has 0 unspecified atom stereocenters. The summed E-state index contributed by atoms with van der Waals surface area (Å²) in [6, 6.07) is 0. The molecular formula is C3H9B2F8LiS. The van der Waals surface area contributed by atoms with E-state index >= 15 is 0 Å². The average Bonchev–Trinajstić information content (AvgIpc) is 1.45. The molecule has 0 saturated heterocycles. The molecule has 12 heteroatoms. The SMILES string of the molecule is C[S+](C)C.F[B-](F)(F)F.F[B-](F)(F)F.[Li+]. The molecule has 15 heavy (non-hydrogen) atoms. The summed E-state index contributed by atoms with van der Waals surface area (Å²) in [6.07, 6.45) is 6.58. The first-order valence-corrected chi connectivity index (χ1v) is 5.42. The molecule has 0 saturated carbocycles. The van der Waals surface area contributed by atoms with Crippen molar-refractivity contribution in [2.45, 2.75) is 0 Å². The van der Waals surface area contributed by atoms with Crippen molar-refractivity contribution in [1.29, 1.82) is 0 Å². The van der Waals surface area contributed by atoms with Crippen LogP contribution in [0.2, 0.25) is 0 Å². The third-order valence-electron chi connectivity index (χ3n) is 0. The zero-order valence-corrected chi connectivity index (χ0v) is 9.40. The summed E-state index contributed by atoms with van der Waals surface area (Å²) in [6.45, 7) is 0. The average molecular weight is 258 g/mol. The molecule has 0 aromatic rings. The van der Waals surface area contributed by atoms with Gasteiger partial charge in [-0.3, -0.25) is 0 Å². The zero-order valence-electron chi connectivity index (χ0n) is 8.59. The summed E-state index contributed by atoms with van der Waals surface area (Å²) < 4.78 is 78.0. The van der Waals surface area contributed by atoms with Gasteiger partial charge in [-0.25, -0.2) is 0 Å². The third-order valence-corrected chi connectivity index (χ3v) is 0. The molecule has 90 valence electrons. The van der Waals surface area contributed by atoms with E-state index < -0.39 is 14.5 Å². The topological polar surface area (TPSA) is 0 Å². The Balaban J connectivity index is -0.0000000590. The predicted molar refractivity (Wildman–Crippen MR) is 45.5 cm³/mol. The first-order chi connectivity index (χ1) is 5.73. The Hall–Kier alpha value is 0.517. The van der Waals surface area contributed by atoms with Gasteiger partial charge in [0.15, 0.2) is 0 Å². The van der Waals surface area contributed by atoms with Crippen LogP contribution in [0.15, 0.2) is 0 Å². The maximum Gasteiger partial charge on any atom is 1.00 e. The number of hydrogen-bond acceptors (Lipinski definition) is 0. The van der Waals surface area contributed by atoms with Crippen LogP contribution < -0.4 is 18.9 Å². The van der Waals surface area contributed by atoms with Gasteiger partial charge >= 0.3 is 33.4 Å². The molecule has 0 N–H and O–H groups in total. The summed E-state index contributed by atoms with van der Waals surface area (Å²) in [4.78, 5) is 0. The summed E-state index contributed by atoms with van der Waals surface area (Å²) in [5.41, 5.74) is 0. The van der Waals surface area contributed by atoms with E-state index in [1.165, 1.54) is 0 Å². The van der Waals surface area contributed by atoms with Gasteiger partial charge in [-0.15, -0.1) is 0 Å². The van der Waals surface area contributed by atoms with Crippen molar-refractivity contribution >= 4 is 25.4 Å². The molecular weight excluding hydrogens is 249 g/mol. The minimum atomic E-state index is -6.00. The molecule has 0 amide bonds. The van der Waals surface area contributed by atoms with Crippen LogP contribution in [0.3, 0.4) is 0 Å². The monoisotopic (exact) mass is 258 g/mol. The van der Waals surface area contributed by atoms with E-state index in [1.54, 1.807) is 0 Å². The van der Waals surface area contributed by atoms with Gasteiger partial charge in [0, 0.05) is 0 Å². The Morgan fingerprint density at radius 1 is 0.600 bits per heavy atom. The number of hydrogen-bond donors (Lipinski definition) is 0. The van der Waals surface area contributed by atoms with E-state index in [-0.39, 0.29) is 18.9 Å². The fourth-order valence-electron chi connectivity index (χ4n) is 0. The zero-order chi connectivity index (χ0) is 12.6. The largest absolute Gasteiger partial charge is 1.00 e. The van der Waals surface area contributed by atoms with Crippen molar-refractivity contribution < 1.29 is 53.4 Å². The van der Waals surface area contributed by atoms with Crippen LogP contribution in [-0.4, -0.2) is 33.3 Å². The van der Waals surface area contributed by atoms with Crippen molar-refractivity contribution in [2.24, 2.45) is 0 Å². The molecule has 0 radical (unpaired) electrons. The Kier molecular flexibility index (Phi) is 18.1. The smallest absolute Gasteiger partial charge is 0.418 e. The van der Waals surface area contributed by atoms with E-state index in [0.29, 0.717) is 10.9 Å². The van der Waals surface area contributed by atoms with Gasteiger partial charge < -0.3 is 34.5 Å². The standard InChI is InChI=1S/C3H9S.2BF4.Li/c1-4(2)3;2*2-1(3,4)5;/h1-3H3;;;/q+1;2*-1;+1. The van der Waals surface area contributed by atoms with Crippen LogP contribution in [0.1, 0.15) is 0 Å². The first kappa shape index (κ1) is 24.7. The van der Waals surface area contributed by atoms with Gasteiger partial charge in [0.2, 0.25) is 0 Å². The predicted octanol–water partition coefficient (Wildman–Crippen LogP) is 0.0981. The summed E-state index contributed by atoms with van der Waals surface area (Å²) in [7, 11) is -11.4. The van der Waals surface area contributed by atoms with Gasteiger partial charge in [-0.1, -0.05) is 0 Å². The first-order valence-electron chi connectivity index (χ1n) is 2.97. The van der Waals surface area contributed by atoms with Crippen molar-refractivity contribution in [3.63, 3.8) is 0 Å². The van der Waals surface area contributed by atoms with E-state index in [9.17, 15) is 34.5 Å². The normalized spacial score (nSPS) is 10.4. The second-order valence-corrected chi connectivity index (χ2v) is 4.66. The number of halogens is 8. The quantitative estimate of drug-likeness (QED) is 0.328. The van der Waals surface area contributed by atoms with E-state index in [2.05, 4.69) is 18.8 Å². The van der Waals surface area contributed by atoms with Crippen LogP contribution in [-0.2, 0) is 10.9 Å². The minimum absolute atomic E-state index is 0. The van der Waals surface area contributed by atoms with Crippen molar-refractivity contribution in [3.8, 4) is 0 Å². The maximum absolute atomic E-state index is 9.75. The molecule has 0 nitrogen and oxygen atoms in total. The van der Waals surface area contributed by atoms with E-state index in [4.69, 9.17) is 0 Å². The van der Waals surface area contributed by atoms with Gasteiger partial charge in [0.1, 0.15) is 0 Å². The number of rotatable bonds is 0. The third kappa shape index (κ3) is 8500.